The van der Waals surface area contributed by atoms with E-state index >= 15 is 0 Å². The Hall–Kier alpha value is -1.11. The number of amides is 1. The van der Waals surface area contributed by atoms with E-state index in [0.29, 0.717) is 11.6 Å². The summed E-state index contributed by atoms with van der Waals surface area (Å²) in [7, 11) is -3.02. The van der Waals surface area contributed by atoms with E-state index in [1.165, 1.54) is 0 Å². The Morgan fingerprint density at radius 1 is 1.43 bits per heavy atom. The highest BCUT2D eigenvalue weighted by atomic mass is 35.5. The van der Waals surface area contributed by atoms with Gasteiger partial charge in [0.2, 0.25) is 5.91 Å². The first kappa shape index (κ1) is 16.3. The highest BCUT2D eigenvalue weighted by Crippen LogP contribution is 2.16. The van der Waals surface area contributed by atoms with E-state index in [-0.39, 0.29) is 35.9 Å². The van der Waals surface area contributed by atoms with Crippen molar-refractivity contribution in [2.75, 3.05) is 18.1 Å². The summed E-state index contributed by atoms with van der Waals surface area (Å²) in [5, 5.41) is 6.59. The monoisotopic (exact) mass is 330 g/mol. The molecule has 1 saturated heterocycles. The predicted molar refractivity (Wildman–Crippen MR) is 83.1 cm³/mol. The molecule has 0 bridgehead atoms. The highest BCUT2D eigenvalue weighted by molar-refractivity contribution is 7.91. The van der Waals surface area contributed by atoms with Gasteiger partial charge >= 0.3 is 0 Å². The largest absolute Gasteiger partial charge is 0.350 e. The van der Waals surface area contributed by atoms with Crippen molar-refractivity contribution in [1.29, 1.82) is 0 Å². The maximum absolute atomic E-state index is 12.0. The number of sulfone groups is 1. The standard InChI is InChI=1S/C14H19ClN2O3S/c1-10(11-2-4-12(15)5-3-11)17-14(18)8-13-9-21(19,20)7-6-16-13/h2-5,10,13,16H,6-9H2,1H3,(H,17,18)/t10-,13?/m1/s1. The van der Waals surface area contributed by atoms with Gasteiger partial charge in [0.1, 0.15) is 0 Å². The number of rotatable bonds is 4. The molecule has 2 rings (SSSR count). The lowest BCUT2D eigenvalue weighted by molar-refractivity contribution is -0.122. The van der Waals surface area contributed by atoms with Crippen molar-refractivity contribution in [1.82, 2.24) is 10.6 Å². The van der Waals surface area contributed by atoms with E-state index in [0.717, 1.165) is 5.56 Å². The van der Waals surface area contributed by atoms with Gasteiger partial charge in [-0.2, -0.15) is 0 Å². The van der Waals surface area contributed by atoms with Gasteiger partial charge in [0.25, 0.3) is 0 Å². The summed E-state index contributed by atoms with van der Waals surface area (Å²) in [5.41, 5.74) is 0.956. The topological polar surface area (TPSA) is 75.3 Å². The third-order valence-electron chi connectivity index (χ3n) is 3.48. The molecule has 5 nitrogen and oxygen atoms in total. The molecule has 0 aliphatic carbocycles. The quantitative estimate of drug-likeness (QED) is 0.872. The molecule has 1 heterocycles. The van der Waals surface area contributed by atoms with Crippen molar-refractivity contribution in [2.24, 2.45) is 0 Å². The van der Waals surface area contributed by atoms with Crippen LogP contribution in [0.3, 0.4) is 0 Å². The molecule has 0 spiro atoms. The molecule has 21 heavy (non-hydrogen) atoms. The summed E-state index contributed by atoms with van der Waals surface area (Å²) in [4.78, 5) is 12.0. The molecule has 2 atom stereocenters. The third kappa shape index (κ3) is 4.98. The fourth-order valence-electron chi connectivity index (χ4n) is 2.36. The Morgan fingerprint density at radius 3 is 2.71 bits per heavy atom. The summed E-state index contributed by atoms with van der Waals surface area (Å²) in [6.45, 7) is 2.29. The van der Waals surface area contributed by atoms with E-state index in [1.54, 1.807) is 12.1 Å². The summed E-state index contributed by atoms with van der Waals surface area (Å²) in [6.07, 6.45) is 0.164. The molecule has 1 amide bonds. The fourth-order valence-corrected chi connectivity index (χ4v) is 3.93. The molecule has 0 radical (unpaired) electrons. The van der Waals surface area contributed by atoms with Crippen molar-refractivity contribution in [2.45, 2.75) is 25.4 Å². The lowest BCUT2D eigenvalue weighted by atomic mass is 10.1. The normalized spacial score (nSPS) is 22.5. The second-order valence-corrected chi connectivity index (χ2v) is 7.98. The van der Waals surface area contributed by atoms with Gasteiger partial charge in [-0.15, -0.1) is 0 Å². The van der Waals surface area contributed by atoms with Crippen LogP contribution in [0.15, 0.2) is 24.3 Å². The van der Waals surface area contributed by atoms with Crippen LogP contribution in [0.2, 0.25) is 5.02 Å². The molecule has 0 aromatic heterocycles. The summed E-state index contributed by atoms with van der Waals surface area (Å²) in [5.74, 6) is 0.00855. The van der Waals surface area contributed by atoms with Gasteiger partial charge in [-0.3, -0.25) is 4.79 Å². The van der Waals surface area contributed by atoms with Crippen LogP contribution < -0.4 is 10.6 Å². The van der Waals surface area contributed by atoms with Crippen molar-refractivity contribution < 1.29 is 13.2 Å². The van der Waals surface area contributed by atoms with Crippen LogP contribution in [0.1, 0.15) is 24.9 Å². The van der Waals surface area contributed by atoms with E-state index in [9.17, 15) is 13.2 Å². The van der Waals surface area contributed by atoms with Gasteiger partial charge in [0.15, 0.2) is 9.84 Å². The highest BCUT2D eigenvalue weighted by Gasteiger charge is 2.26. The molecule has 1 fully saturated rings. The Kier molecular flexibility index (Phi) is 5.24. The van der Waals surface area contributed by atoms with Gasteiger partial charge in [0.05, 0.1) is 17.5 Å². The average Bonchev–Trinajstić information content (AvgIpc) is 2.37. The maximum atomic E-state index is 12.0. The SMILES string of the molecule is C[C@@H](NC(=O)CC1CS(=O)(=O)CCN1)c1ccc(Cl)cc1. The number of hydrogen-bond donors (Lipinski definition) is 2. The minimum atomic E-state index is -3.02. The lowest BCUT2D eigenvalue weighted by Gasteiger charge is -2.24. The molecule has 7 heteroatoms. The molecule has 0 saturated carbocycles. The lowest BCUT2D eigenvalue weighted by Crippen LogP contribution is -2.47. The zero-order chi connectivity index (χ0) is 15.5. The first-order valence-corrected chi connectivity index (χ1v) is 9.04. The second-order valence-electron chi connectivity index (χ2n) is 5.31. The van der Waals surface area contributed by atoms with Gasteiger partial charge in [-0.1, -0.05) is 23.7 Å². The molecular formula is C14H19ClN2O3S. The molecule has 1 aromatic carbocycles. The van der Waals surface area contributed by atoms with Crippen molar-refractivity contribution in [3.05, 3.63) is 34.9 Å². The van der Waals surface area contributed by atoms with E-state index in [1.807, 2.05) is 19.1 Å². The molecular weight excluding hydrogens is 312 g/mol. The van der Waals surface area contributed by atoms with E-state index in [2.05, 4.69) is 10.6 Å². The Bertz CT molecular complexity index is 601. The van der Waals surface area contributed by atoms with Crippen LogP contribution in [0.4, 0.5) is 0 Å². The minimum Gasteiger partial charge on any atom is -0.350 e. The second kappa shape index (κ2) is 6.77. The average molecular weight is 331 g/mol. The molecule has 1 aliphatic rings. The van der Waals surface area contributed by atoms with Crippen LogP contribution in [-0.4, -0.2) is 38.4 Å². The summed E-state index contributed by atoms with van der Waals surface area (Å²) >= 11 is 5.83. The number of nitrogens with one attached hydrogen (secondary N) is 2. The molecule has 1 aromatic rings. The zero-order valence-corrected chi connectivity index (χ0v) is 13.4. The predicted octanol–water partition coefficient (Wildman–Crippen LogP) is 1.29. The molecule has 1 unspecified atom stereocenters. The van der Waals surface area contributed by atoms with Gasteiger partial charge in [-0.25, -0.2) is 8.42 Å². The van der Waals surface area contributed by atoms with Crippen molar-refractivity contribution in [3.8, 4) is 0 Å². The number of carbonyl (C=O) groups excluding carboxylic acids is 1. The smallest absolute Gasteiger partial charge is 0.222 e. The van der Waals surface area contributed by atoms with Crippen LogP contribution in [0.25, 0.3) is 0 Å². The summed E-state index contributed by atoms with van der Waals surface area (Å²) in [6, 6.07) is 6.81. The van der Waals surface area contributed by atoms with Crippen LogP contribution in [-0.2, 0) is 14.6 Å². The zero-order valence-electron chi connectivity index (χ0n) is 11.8. The van der Waals surface area contributed by atoms with Crippen LogP contribution in [0, 0.1) is 0 Å². The van der Waals surface area contributed by atoms with Crippen LogP contribution in [0.5, 0.6) is 0 Å². The first-order chi connectivity index (χ1) is 9.85. The van der Waals surface area contributed by atoms with Gasteiger partial charge in [0, 0.05) is 24.0 Å². The number of hydrogen-bond acceptors (Lipinski definition) is 4. The van der Waals surface area contributed by atoms with E-state index < -0.39 is 9.84 Å². The molecule has 2 N–H and O–H groups in total. The van der Waals surface area contributed by atoms with Gasteiger partial charge in [-0.05, 0) is 24.6 Å². The van der Waals surface area contributed by atoms with E-state index in [4.69, 9.17) is 11.6 Å². The van der Waals surface area contributed by atoms with Gasteiger partial charge < -0.3 is 10.6 Å². The third-order valence-corrected chi connectivity index (χ3v) is 5.47. The Labute approximate surface area is 130 Å². The van der Waals surface area contributed by atoms with Crippen molar-refractivity contribution in [3.63, 3.8) is 0 Å². The maximum Gasteiger partial charge on any atom is 0.222 e. The van der Waals surface area contributed by atoms with Crippen molar-refractivity contribution >= 4 is 27.3 Å². The minimum absolute atomic E-state index is 0.0236. The number of benzene rings is 1. The number of carbonyl (C=O) groups is 1. The Morgan fingerprint density at radius 2 is 2.10 bits per heavy atom. The molecule has 1 aliphatic heterocycles. The first-order valence-electron chi connectivity index (χ1n) is 6.84. The van der Waals surface area contributed by atoms with Crippen LogP contribution >= 0.6 is 11.6 Å². The summed E-state index contributed by atoms with van der Waals surface area (Å²) < 4.78 is 23.1. The molecule has 116 valence electrons. The number of halogens is 1. The Balaban J connectivity index is 1.88. The fraction of sp³-hybridized carbons (Fsp3) is 0.500.